The van der Waals surface area contributed by atoms with E-state index in [1.54, 1.807) is 0 Å². The Morgan fingerprint density at radius 3 is 2.86 bits per heavy atom. The minimum absolute atomic E-state index is 0.0182. The van der Waals surface area contributed by atoms with Crippen molar-refractivity contribution < 1.29 is 4.39 Å². The molecular formula is C10H12BrFN2. The fourth-order valence-corrected chi connectivity index (χ4v) is 2.21. The second kappa shape index (κ2) is 3.59. The van der Waals surface area contributed by atoms with E-state index in [4.69, 9.17) is 5.73 Å². The Balaban J connectivity index is 2.35. The average Bonchev–Trinajstić information content (AvgIpc) is 2.91. The summed E-state index contributed by atoms with van der Waals surface area (Å²) in [5, 5.41) is 0. The van der Waals surface area contributed by atoms with Gasteiger partial charge in [0.25, 0.3) is 0 Å². The second-order valence-corrected chi connectivity index (χ2v) is 4.73. The van der Waals surface area contributed by atoms with Crippen LogP contribution in [0.3, 0.4) is 0 Å². The molecule has 0 atom stereocenters. The molecule has 0 spiro atoms. The molecule has 1 aliphatic carbocycles. The van der Waals surface area contributed by atoms with Crippen LogP contribution in [0.1, 0.15) is 24.8 Å². The molecule has 14 heavy (non-hydrogen) atoms. The van der Waals surface area contributed by atoms with Gasteiger partial charge in [0.2, 0.25) is 5.95 Å². The maximum absolute atomic E-state index is 13.5. The van der Waals surface area contributed by atoms with Crippen LogP contribution in [0.25, 0.3) is 0 Å². The summed E-state index contributed by atoms with van der Waals surface area (Å²) in [7, 11) is 0. The lowest BCUT2D eigenvalue weighted by molar-refractivity contribution is 0.521. The van der Waals surface area contributed by atoms with Crippen LogP contribution in [-0.4, -0.2) is 11.5 Å². The van der Waals surface area contributed by atoms with Gasteiger partial charge in [-0.25, -0.2) is 4.98 Å². The number of nitrogens with zero attached hydrogens (tertiary/aromatic N) is 1. The second-order valence-electron chi connectivity index (χ2n) is 3.81. The Morgan fingerprint density at radius 1 is 1.57 bits per heavy atom. The van der Waals surface area contributed by atoms with Crippen LogP contribution >= 0.6 is 15.9 Å². The summed E-state index contributed by atoms with van der Waals surface area (Å²) in [5.41, 5.74) is 6.23. The van der Waals surface area contributed by atoms with Crippen LogP contribution in [0, 0.1) is 5.95 Å². The van der Waals surface area contributed by atoms with Crippen LogP contribution in [0.2, 0.25) is 0 Å². The lowest BCUT2D eigenvalue weighted by Crippen LogP contribution is -2.15. The Morgan fingerprint density at radius 2 is 2.29 bits per heavy atom. The van der Waals surface area contributed by atoms with Gasteiger partial charge in [-0.3, -0.25) is 0 Å². The van der Waals surface area contributed by atoms with E-state index in [2.05, 4.69) is 20.9 Å². The van der Waals surface area contributed by atoms with E-state index in [0.29, 0.717) is 6.54 Å². The molecule has 0 radical (unpaired) electrons. The fourth-order valence-electron chi connectivity index (χ4n) is 1.88. The number of rotatable bonds is 3. The smallest absolute Gasteiger partial charge is 0.216 e. The van der Waals surface area contributed by atoms with Crippen molar-refractivity contribution in [3.8, 4) is 0 Å². The van der Waals surface area contributed by atoms with Crippen LogP contribution in [0.5, 0.6) is 0 Å². The number of hydrogen-bond acceptors (Lipinski definition) is 2. The zero-order chi connectivity index (χ0) is 10.2. The van der Waals surface area contributed by atoms with E-state index in [0.717, 1.165) is 29.3 Å². The summed E-state index contributed by atoms with van der Waals surface area (Å²) < 4.78 is 14.3. The quantitative estimate of drug-likeness (QED) is 0.846. The first-order valence-corrected chi connectivity index (χ1v) is 5.49. The van der Waals surface area contributed by atoms with Crippen LogP contribution in [0.4, 0.5) is 4.39 Å². The van der Waals surface area contributed by atoms with Crippen molar-refractivity contribution in [3.05, 3.63) is 28.2 Å². The minimum atomic E-state index is -0.348. The van der Waals surface area contributed by atoms with E-state index in [1.165, 1.54) is 6.20 Å². The molecule has 1 aromatic heterocycles. The normalized spacial score (nSPS) is 18.2. The van der Waals surface area contributed by atoms with Gasteiger partial charge in [-0.2, -0.15) is 4.39 Å². The molecule has 4 heteroatoms. The van der Waals surface area contributed by atoms with Gasteiger partial charge in [0.1, 0.15) is 0 Å². The van der Waals surface area contributed by atoms with Gasteiger partial charge in [0.05, 0.1) is 0 Å². The first kappa shape index (κ1) is 10.1. The van der Waals surface area contributed by atoms with Crippen molar-refractivity contribution >= 4 is 15.9 Å². The van der Waals surface area contributed by atoms with E-state index in [1.807, 2.05) is 6.07 Å². The first-order chi connectivity index (χ1) is 6.68. The summed E-state index contributed by atoms with van der Waals surface area (Å²) in [4.78, 5) is 3.71. The SMILES string of the molecule is NCCC1(c2cc(Br)cnc2F)CC1. The highest BCUT2D eigenvalue weighted by Gasteiger charge is 2.45. The molecule has 0 bridgehead atoms. The van der Waals surface area contributed by atoms with E-state index < -0.39 is 0 Å². The maximum Gasteiger partial charge on any atom is 0.216 e. The Kier molecular flexibility index (Phi) is 2.58. The number of hydrogen-bond donors (Lipinski definition) is 1. The molecular weight excluding hydrogens is 247 g/mol. The van der Waals surface area contributed by atoms with Gasteiger partial charge in [0.15, 0.2) is 0 Å². The third kappa shape index (κ3) is 1.68. The number of aromatic nitrogens is 1. The molecule has 1 aliphatic rings. The highest BCUT2D eigenvalue weighted by molar-refractivity contribution is 9.10. The Labute approximate surface area is 90.8 Å². The highest BCUT2D eigenvalue weighted by Crippen LogP contribution is 2.51. The zero-order valence-corrected chi connectivity index (χ0v) is 9.35. The molecule has 1 aromatic rings. The van der Waals surface area contributed by atoms with Gasteiger partial charge < -0.3 is 5.73 Å². The van der Waals surface area contributed by atoms with Gasteiger partial charge in [-0.1, -0.05) is 0 Å². The van der Waals surface area contributed by atoms with Crippen molar-refractivity contribution in [1.29, 1.82) is 0 Å². The molecule has 0 amide bonds. The maximum atomic E-state index is 13.5. The first-order valence-electron chi connectivity index (χ1n) is 4.69. The monoisotopic (exact) mass is 258 g/mol. The minimum Gasteiger partial charge on any atom is -0.330 e. The molecule has 1 heterocycles. The highest BCUT2D eigenvalue weighted by atomic mass is 79.9. The van der Waals surface area contributed by atoms with Crippen molar-refractivity contribution in [2.75, 3.05) is 6.54 Å². The van der Waals surface area contributed by atoms with Crippen LogP contribution in [-0.2, 0) is 5.41 Å². The molecule has 0 aromatic carbocycles. The summed E-state index contributed by atoms with van der Waals surface area (Å²) in [6.07, 6.45) is 4.39. The van der Waals surface area contributed by atoms with Gasteiger partial charge >= 0.3 is 0 Å². The molecule has 2 N–H and O–H groups in total. The lowest BCUT2D eigenvalue weighted by atomic mass is 9.94. The molecule has 0 saturated heterocycles. The molecule has 0 aliphatic heterocycles. The number of halogens is 2. The Hall–Kier alpha value is -0.480. The fraction of sp³-hybridized carbons (Fsp3) is 0.500. The number of pyridine rings is 1. The van der Waals surface area contributed by atoms with Crippen molar-refractivity contribution in [2.45, 2.75) is 24.7 Å². The predicted molar refractivity (Wildman–Crippen MR) is 56.5 cm³/mol. The van der Waals surface area contributed by atoms with Gasteiger partial charge in [-0.05, 0) is 47.8 Å². The molecule has 0 unspecified atom stereocenters. The van der Waals surface area contributed by atoms with Crippen molar-refractivity contribution in [2.24, 2.45) is 5.73 Å². The summed E-state index contributed by atoms with van der Waals surface area (Å²) in [5.74, 6) is -0.348. The Bertz CT molecular complexity index is 350. The zero-order valence-electron chi connectivity index (χ0n) is 7.76. The molecule has 76 valence electrons. The van der Waals surface area contributed by atoms with Crippen LogP contribution in [0.15, 0.2) is 16.7 Å². The van der Waals surface area contributed by atoms with E-state index >= 15 is 0 Å². The van der Waals surface area contributed by atoms with Gasteiger partial charge in [0, 0.05) is 21.6 Å². The number of nitrogens with two attached hydrogens (primary N) is 1. The van der Waals surface area contributed by atoms with Crippen molar-refractivity contribution in [1.82, 2.24) is 4.98 Å². The lowest BCUT2D eigenvalue weighted by Gasteiger charge is -2.14. The summed E-state index contributed by atoms with van der Waals surface area (Å²) in [6.45, 7) is 0.603. The molecule has 2 rings (SSSR count). The summed E-state index contributed by atoms with van der Waals surface area (Å²) >= 11 is 3.31. The standard InChI is InChI=1S/C10H12BrFN2/c11-7-5-8(9(12)14-6-7)10(1-2-10)3-4-13/h5-6H,1-4,13H2. The predicted octanol–water partition coefficient (Wildman–Crippen LogP) is 2.36. The van der Waals surface area contributed by atoms with Gasteiger partial charge in [-0.15, -0.1) is 0 Å². The molecule has 1 saturated carbocycles. The van der Waals surface area contributed by atoms with E-state index in [9.17, 15) is 4.39 Å². The largest absolute Gasteiger partial charge is 0.330 e. The third-order valence-corrected chi connectivity index (χ3v) is 3.29. The third-order valence-electron chi connectivity index (χ3n) is 2.85. The summed E-state index contributed by atoms with van der Waals surface area (Å²) in [6, 6.07) is 1.82. The van der Waals surface area contributed by atoms with E-state index in [-0.39, 0.29) is 11.4 Å². The average molecular weight is 259 g/mol. The molecule has 2 nitrogen and oxygen atoms in total. The van der Waals surface area contributed by atoms with Crippen LogP contribution < -0.4 is 5.73 Å². The van der Waals surface area contributed by atoms with Crippen molar-refractivity contribution in [3.63, 3.8) is 0 Å². The molecule has 1 fully saturated rings. The topological polar surface area (TPSA) is 38.9 Å².